The molecule has 1 atom stereocenters. The van der Waals surface area contributed by atoms with Gasteiger partial charge in [-0.15, -0.1) is 0 Å². The molecule has 5 nitrogen and oxygen atoms in total. The number of hydrogen-bond acceptors (Lipinski definition) is 3. The Hall–Kier alpha value is -2.21. The average Bonchev–Trinajstić information content (AvgIpc) is 3.05. The van der Waals surface area contributed by atoms with Gasteiger partial charge in [0, 0.05) is 37.3 Å². The van der Waals surface area contributed by atoms with Gasteiger partial charge in [-0.1, -0.05) is 12.1 Å². The summed E-state index contributed by atoms with van der Waals surface area (Å²) in [6.07, 6.45) is 3.88. The van der Waals surface area contributed by atoms with Crippen molar-refractivity contribution in [3.05, 3.63) is 52.6 Å². The molecular weight excluding hydrogens is 319 g/mol. The molecule has 2 aliphatic rings. The Morgan fingerprint density at radius 1 is 1.24 bits per heavy atom. The summed E-state index contributed by atoms with van der Waals surface area (Å²) in [5.41, 5.74) is 3.66. The summed E-state index contributed by atoms with van der Waals surface area (Å²) in [4.78, 5) is 17.4. The predicted octanol–water partition coefficient (Wildman–Crippen LogP) is 2.90. The number of nitrogens with zero attached hydrogens (tertiary/aromatic N) is 3. The lowest BCUT2D eigenvalue weighted by atomic mass is 9.94. The highest BCUT2D eigenvalue weighted by Gasteiger charge is 2.33. The highest BCUT2D eigenvalue weighted by Crippen LogP contribution is 2.33. The fourth-order valence-electron chi connectivity index (χ4n) is 3.95. The summed E-state index contributed by atoms with van der Waals surface area (Å²) in [6.45, 7) is 2.45. The Morgan fingerprint density at radius 2 is 2.04 bits per heavy atom. The first-order valence-electron chi connectivity index (χ1n) is 8.94. The number of carbonyl (C=O) groups is 1. The first-order valence-corrected chi connectivity index (χ1v) is 8.94. The molecule has 4 rings (SSSR count). The van der Waals surface area contributed by atoms with Crippen molar-refractivity contribution in [1.82, 2.24) is 20.0 Å². The molecule has 0 aliphatic carbocycles. The highest BCUT2D eigenvalue weighted by atomic mass is 19.1. The minimum absolute atomic E-state index is 0.00415. The normalized spacial score (nSPS) is 21.2. The van der Waals surface area contributed by atoms with Crippen LogP contribution in [0.25, 0.3) is 0 Å². The molecular formula is C19H23FN4O. The van der Waals surface area contributed by atoms with Gasteiger partial charge in [0.15, 0.2) is 5.69 Å². The number of carbonyl (C=O) groups excluding carboxylic acids is 1. The number of halogens is 1. The number of amides is 1. The van der Waals surface area contributed by atoms with E-state index < -0.39 is 0 Å². The van der Waals surface area contributed by atoms with Crippen LogP contribution < -0.4 is 0 Å². The van der Waals surface area contributed by atoms with Crippen LogP contribution in [0, 0.1) is 5.82 Å². The zero-order chi connectivity index (χ0) is 17.4. The van der Waals surface area contributed by atoms with Crippen molar-refractivity contribution in [2.24, 2.45) is 0 Å². The first kappa shape index (κ1) is 16.3. The number of rotatable bonds is 2. The number of likely N-dealkylation sites (N-methyl/N-ethyl adjacent to an activating group) is 1. The van der Waals surface area contributed by atoms with E-state index in [0.29, 0.717) is 5.69 Å². The predicted molar refractivity (Wildman–Crippen MR) is 92.7 cm³/mol. The van der Waals surface area contributed by atoms with E-state index in [4.69, 9.17) is 0 Å². The molecule has 132 valence electrons. The van der Waals surface area contributed by atoms with Gasteiger partial charge in [-0.25, -0.2) is 4.39 Å². The van der Waals surface area contributed by atoms with Gasteiger partial charge < -0.3 is 9.80 Å². The van der Waals surface area contributed by atoms with Crippen molar-refractivity contribution in [2.45, 2.75) is 38.3 Å². The van der Waals surface area contributed by atoms with E-state index in [1.807, 2.05) is 4.90 Å². The third kappa shape index (κ3) is 3.06. The molecule has 1 fully saturated rings. The van der Waals surface area contributed by atoms with Crippen LogP contribution in [0.2, 0.25) is 0 Å². The molecule has 25 heavy (non-hydrogen) atoms. The maximum absolute atomic E-state index is 13.3. The zero-order valence-electron chi connectivity index (χ0n) is 14.5. The maximum atomic E-state index is 13.3. The minimum atomic E-state index is -0.248. The highest BCUT2D eigenvalue weighted by molar-refractivity contribution is 5.94. The average molecular weight is 342 g/mol. The van der Waals surface area contributed by atoms with E-state index in [-0.39, 0.29) is 17.8 Å². The molecule has 2 aliphatic heterocycles. The topological polar surface area (TPSA) is 52.2 Å². The summed E-state index contributed by atoms with van der Waals surface area (Å²) >= 11 is 0. The van der Waals surface area contributed by atoms with Gasteiger partial charge in [-0.2, -0.15) is 5.10 Å². The molecule has 3 heterocycles. The Bertz CT molecular complexity index is 770. The number of hydrogen-bond donors (Lipinski definition) is 1. The van der Waals surface area contributed by atoms with Crippen LogP contribution in [0.1, 0.15) is 52.6 Å². The summed E-state index contributed by atoms with van der Waals surface area (Å²) in [5.74, 6) is -0.260. The number of nitrogens with one attached hydrogen (secondary N) is 1. The molecule has 6 heteroatoms. The van der Waals surface area contributed by atoms with Gasteiger partial charge in [0.1, 0.15) is 5.82 Å². The summed E-state index contributed by atoms with van der Waals surface area (Å²) in [7, 11) is 2.06. The van der Waals surface area contributed by atoms with Crippen molar-refractivity contribution in [3.8, 4) is 0 Å². The third-order valence-electron chi connectivity index (χ3n) is 5.35. The van der Waals surface area contributed by atoms with Crippen LogP contribution in [0.3, 0.4) is 0 Å². The fourth-order valence-corrected chi connectivity index (χ4v) is 3.95. The van der Waals surface area contributed by atoms with Crippen LogP contribution >= 0.6 is 0 Å². The number of H-pyrrole nitrogens is 1. The van der Waals surface area contributed by atoms with Crippen molar-refractivity contribution in [2.75, 3.05) is 20.1 Å². The van der Waals surface area contributed by atoms with E-state index in [0.717, 1.165) is 62.1 Å². The van der Waals surface area contributed by atoms with Crippen molar-refractivity contribution < 1.29 is 9.18 Å². The fraction of sp³-hybridized carbons (Fsp3) is 0.474. The van der Waals surface area contributed by atoms with E-state index in [9.17, 15) is 9.18 Å². The lowest BCUT2D eigenvalue weighted by Gasteiger charge is -2.36. The van der Waals surface area contributed by atoms with Gasteiger partial charge in [0.2, 0.25) is 0 Å². The monoisotopic (exact) mass is 342 g/mol. The van der Waals surface area contributed by atoms with Crippen LogP contribution in [0.4, 0.5) is 4.39 Å². The summed E-state index contributed by atoms with van der Waals surface area (Å²) in [5, 5.41) is 7.40. The molecule has 1 aromatic heterocycles. The second-order valence-electron chi connectivity index (χ2n) is 7.08. The SMILES string of the molecule is CN1CCc2[nH]nc(C(=O)N3CCCC[C@@H]3c3ccc(F)cc3)c2C1. The smallest absolute Gasteiger partial charge is 0.275 e. The quantitative estimate of drug-likeness (QED) is 0.913. The molecule has 1 aromatic carbocycles. The van der Waals surface area contributed by atoms with E-state index in [1.54, 1.807) is 12.1 Å². The second-order valence-corrected chi connectivity index (χ2v) is 7.08. The number of benzene rings is 1. The van der Waals surface area contributed by atoms with Crippen molar-refractivity contribution in [1.29, 1.82) is 0 Å². The Labute approximate surface area is 146 Å². The maximum Gasteiger partial charge on any atom is 0.275 e. The molecule has 0 spiro atoms. The van der Waals surface area contributed by atoms with Gasteiger partial charge in [0.25, 0.3) is 5.91 Å². The number of aromatic nitrogens is 2. The van der Waals surface area contributed by atoms with Gasteiger partial charge in [-0.3, -0.25) is 9.89 Å². The largest absolute Gasteiger partial charge is 0.330 e. The Morgan fingerprint density at radius 3 is 2.84 bits per heavy atom. The molecule has 0 saturated carbocycles. The van der Waals surface area contributed by atoms with E-state index in [1.165, 1.54) is 12.1 Å². The number of aromatic amines is 1. The Kier molecular flexibility index (Phi) is 4.29. The van der Waals surface area contributed by atoms with Crippen molar-refractivity contribution >= 4 is 5.91 Å². The lowest BCUT2D eigenvalue weighted by molar-refractivity contribution is 0.0603. The third-order valence-corrected chi connectivity index (χ3v) is 5.35. The molecule has 2 aromatic rings. The lowest BCUT2D eigenvalue weighted by Crippen LogP contribution is -2.39. The van der Waals surface area contributed by atoms with E-state index >= 15 is 0 Å². The number of fused-ring (bicyclic) bond motifs is 1. The van der Waals surface area contributed by atoms with Crippen molar-refractivity contribution in [3.63, 3.8) is 0 Å². The molecule has 1 N–H and O–H groups in total. The van der Waals surface area contributed by atoms with Gasteiger partial charge in [-0.05, 0) is 44.0 Å². The first-order chi connectivity index (χ1) is 12.1. The van der Waals surface area contributed by atoms with Crippen LogP contribution in [-0.4, -0.2) is 46.0 Å². The molecule has 0 radical (unpaired) electrons. The summed E-state index contributed by atoms with van der Waals surface area (Å²) < 4.78 is 13.3. The molecule has 0 unspecified atom stereocenters. The Balaban J connectivity index is 1.64. The number of likely N-dealkylation sites (tertiary alicyclic amines) is 1. The van der Waals surface area contributed by atoms with E-state index in [2.05, 4.69) is 22.1 Å². The zero-order valence-corrected chi connectivity index (χ0v) is 14.5. The van der Waals surface area contributed by atoms with Gasteiger partial charge >= 0.3 is 0 Å². The standard InChI is InChI=1S/C19H23FN4O/c1-23-11-9-16-15(12-23)18(22-21-16)19(25)24-10-3-2-4-17(24)13-5-7-14(20)8-6-13/h5-8,17H,2-4,9-12H2,1H3,(H,21,22)/t17-/m1/s1. The molecule has 1 saturated heterocycles. The van der Waals surface area contributed by atoms with Crippen LogP contribution in [-0.2, 0) is 13.0 Å². The van der Waals surface area contributed by atoms with Gasteiger partial charge in [0.05, 0.1) is 6.04 Å². The molecule has 0 bridgehead atoms. The number of piperidine rings is 1. The van der Waals surface area contributed by atoms with Crippen LogP contribution in [0.15, 0.2) is 24.3 Å². The van der Waals surface area contributed by atoms with Crippen LogP contribution in [0.5, 0.6) is 0 Å². The molecule has 1 amide bonds. The minimum Gasteiger partial charge on any atom is -0.330 e. The second kappa shape index (κ2) is 6.59. The summed E-state index contributed by atoms with van der Waals surface area (Å²) in [6, 6.07) is 6.52.